The Morgan fingerprint density at radius 3 is 2.41 bits per heavy atom. The van der Waals surface area contributed by atoms with Gasteiger partial charge >= 0.3 is 0 Å². The van der Waals surface area contributed by atoms with E-state index in [0.29, 0.717) is 28.5 Å². The SMILES string of the molecule is COc1cc(C(=O)NN=Cc2cnc[nH]2)cc(OC)c1OC. The number of hydrogen-bond donors (Lipinski definition) is 2. The minimum Gasteiger partial charge on any atom is -0.493 e. The van der Waals surface area contributed by atoms with Gasteiger partial charge in [-0.15, -0.1) is 0 Å². The molecule has 0 radical (unpaired) electrons. The fourth-order valence-electron chi connectivity index (χ4n) is 1.77. The maximum atomic E-state index is 12.1. The van der Waals surface area contributed by atoms with Crippen LogP contribution in [0.25, 0.3) is 0 Å². The van der Waals surface area contributed by atoms with E-state index < -0.39 is 5.91 Å². The zero-order valence-electron chi connectivity index (χ0n) is 12.4. The predicted octanol–water partition coefficient (Wildman–Crippen LogP) is 1.20. The number of hydrazone groups is 1. The molecule has 8 nitrogen and oxygen atoms in total. The van der Waals surface area contributed by atoms with Gasteiger partial charge < -0.3 is 19.2 Å². The molecule has 1 aromatic heterocycles. The van der Waals surface area contributed by atoms with Gasteiger partial charge in [-0.05, 0) is 12.1 Å². The summed E-state index contributed by atoms with van der Waals surface area (Å²) in [6.45, 7) is 0. The Morgan fingerprint density at radius 1 is 1.23 bits per heavy atom. The normalized spacial score (nSPS) is 10.5. The second-order valence-electron chi connectivity index (χ2n) is 4.12. The summed E-state index contributed by atoms with van der Waals surface area (Å²) in [6, 6.07) is 3.09. The number of rotatable bonds is 6. The Balaban J connectivity index is 2.18. The molecule has 0 spiro atoms. The molecule has 8 heteroatoms. The number of amides is 1. The van der Waals surface area contributed by atoms with Crippen LogP contribution in [-0.4, -0.2) is 43.4 Å². The monoisotopic (exact) mass is 304 g/mol. The Hall–Kier alpha value is -3.03. The lowest BCUT2D eigenvalue weighted by molar-refractivity contribution is 0.0954. The van der Waals surface area contributed by atoms with Gasteiger partial charge in [0.25, 0.3) is 5.91 Å². The van der Waals surface area contributed by atoms with Gasteiger partial charge in [0.1, 0.15) is 0 Å². The molecule has 0 saturated carbocycles. The van der Waals surface area contributed by atoms with Crippen LogP contribution >= 0.6 is 0 Å². The Labute approximate surface area is 127 Å². The third kappa shape index (κ3) is 3.35. The molecular formula is C14H16N4O4. The van der Waals surface area contributed by atoms with Crippen molar-refractivity contribution in [3.63, 3.8) is 0 Å². The molecule has 1 aromatic carbocycles. The van der Waals surface area contributed by atoms with Gasteiger partial charge in [-0.25, -0.2) is 10.4 Å². The standard InChI is InChI=1S/C14H16N4O4/c1-20-11-4-9(5-12(21-2)13(11)22-3)14(19)18-17-7-10-6-15-8-16-10/h4-8H,1-3H3,(H,15,16)(H,18,19). The van der Waals surface area contributed by atoms with E-state index >= 15 is 0 Å². The topological polar surface area (TPSA) is 97.8 Å². The summed E-state index contributed by atoms with van der Waals surface area (Å²) in [5, 5.41) is 3.84. The number of aromatic nitrogens is 2. The second-order valence-corrected chi connectivity index (χ2v) is 4.12. The van der Waals surface area contributed by atoms with Crippen molar-refractivity contribution >= 4 is 12.1 Å². The molecule has 0 aliphatic rings. The van der Waals surface area contributed by atoms with Gasteiger partial charge in [0, 0.05) is 5.56 Å². The Kier molecular flexibility index (Phi) is 4.97. The van der Waals surface area contributed by atoms with Gasteiger partial charge in [0.2, 0.25) is 5.75 Å². The van der Waals surface area contributed by atoms with Crippen molar-refractivity contribution in [1.29, 1.82) is 0 Å². The van der Waals surface area contributed by atoms with E-state index in [9.17, 15) is 4.79 Å². The Morgan fingerprint density at radius 2 is 1.91 bits per heavy atom. The van der Waals surface area contributed by atoms with Crippen LogP contribution < -0.4 is 19.6 Å². The number of imidazole rings is 1. The Bertz CT molecular complexity index is 642. The molecule has 0 aliphatic carbocycles. The number of aromatic amines is 1. The van der Waals surface area contributed by atoms with E-state index in [4.69, 9.17) is 14.2 Å². The van der Waals surface area contributed by atoms with E-state index in [0.717, 1.165) is 0 Å². The first-order valence-electron chi connectivity index (χ1n) is 6.31. The highest BCUT2D eigenvalue weighted by molar-refractivity contribution is 5.96. The molecule has 0 fully saturated rings. The maximum absolute atomic E-state index is 12.1. The number of nitrogens with zero attached hydrogens (tertiary/aromatic N) is 2. The number of ether oxygens (including phenoxy) is 3. The molecule has 0 aliphatic heterocycles. The third-order valence-corrected chi connectivity index (χ3v) is 2.82. The highest BCUT2D eigenvalue weighted by atomic mass is 16.5. The summed E-state index contributed by atoms with van der Waals surface area (Å²) in [7, 11) is 4.46. The lowest BCUT2D eigenvalue weighted by Crippen LogP contribution is -2.18. The number of hydrogen-bond acceptors (Lipinski definition) is 6. The molecule has 2 rings (SSSR count). The quantitative estimate of drug-likeness (QED) is 0.617. The molecule has 0 atom stereocenters. The first-order chi connectivity index (χ1) is 10.7. The van der Waals surface area contributed by atoms with Crippen molar-refractivity contribution in [1.82, 2.24) is 15.4 Å². The highest BCUT2D eigenvalue weighted by Gasteiger charge is 2.16. The van der Waals surface area contributed by atoms with Crippen LogP contribution in [0.1, 0.15) is 16.1 Å². The number of nitrogens with one attached hydrogen (secondary N) is 2. The predicted molar refractivity (Wildman–Crippen MR) is 79.7 cm³/mol. The fourth-order valence-corrected chi connectivity index (χ4v) is 1.77. The highest BCUT2D eigenvalue weighted by Crippen LogP contribution is 2.38. The van der Waals surface area contributed by atoms with E-state index in [-0.39, 0.29) is 0 Å². The van der Waals surface area contributed by atoms with Crippen molar-refractivity contribution in [3.8, 4) is 17.2 Å². The third-order valence-electron chi connectivity index (χ3n) is 2.82. The van der Waals surface area contributed by atoms with E-state index in [1.165, 1.54) is 33.9 Å². The first-order valence-corrected chi connectivity index (χ1v) is 6.31. The molecule has 0 unspecified atom stereocenters. The molecule has 1 amide bonds. The van der Waals surface area contributed by atoms with E-state index in [1.807, 2.05) is 0 Å². The maximum Gasteiger partial charge on any atom is 0.271 e. The van der Waals surface area contributed by atoms with E-state index in [1.54, 1.807) is 18.3 Å². The molecule has 116 valence electrons. The van der Waals surface area contributed by atoms with Crippen molar-refractivity contribution in [2.24, 2.45) is 5.10 Å². The van der Waals surface area contributed by atoms with Gasteiger partial charge in [-0.3, -0.25) is 4.79 Å². The fraction of sp³-hybridized carbons (Fsp3) is 0.214. The van der Waals surface area contributed by atoms with Crippen LogP contribution in [0, 0.1) is 0 Å². The van der Waals surface area contributed by atoms with Crippen molar-refractivity contribution in [2.45, 2.75) is 0 Å². The average molecular weight is 304 g/mol. The summed E-state index contributed by atoms with van der Waals surface area (Å²) < 4.78 is 15.6. The average Bonchev–Trinajstić information content (AvgIpc) is 3.06. The summed E-state index contributed by atoms with van der Waals surface area (Å²) in [6.07, 6.45) is 4.54. The molecule has 2 aromatic rings. The molecular weight excluding hydrogens is 288 g/mol. The second kappa shape index (κ2) is 7.11. The first kappa shape index (κ1) is 15.4. The number of methoxy groups -OCH3 is 3. The van der Waals surface area contributed by atoms with Crippen molar-refractivity contribution < 1.29 is 19.0 Å². The van der Waals surface area contributed by atoms with Gasteiger partial charge in [-0.2, -0.15) is 5.10 Å². The summed E-state index contributed by atoms with van der Waals surface area (Å²) in [5.41, 5.74) is 3.41. The summed E-state index contributed by atoms with van der Waals surface area (Å²) in [4.78, 5) is 18.8. The van der Waals surface area contributed by atoms with Crippen LogP contribution in [0.3, 0.4) is 0 Å². The van der Waals surface area contributed by atoms with Crippen LogP contribution in [0.15, 0.2) is 29.8 Å². The van der Waals surface area contributed by atoms with Crippen LogP contribution in [0.2, 0.25) is 0 Å². The number of benzene rings is 1. The van der Waals surface area contributed by atoms with Gasteiger partial charge in [-0.1, -0.05) is 0 Å². The number of carbonyl (C=O) groups excluding carboxylic acids is 1. The largest absolute Gasteiger partial charge is 0.493 e. The number of H-pyrrole nitrogens is 1. The molecule has 2 N–H and O–H groups in total. The molecule has 1 heterocycles. The summed E-state index contributed by atoms with van der Waals surface area (Å²) >= 11 is 0. The van der Waals surface area contributed by atoms with Crippen LogP contribution in [0.4, 0.5) is 0 Å². The lowest BCUT2D eigenvalue weighted by atomic mass is 10.1. The smallest absolute Gasteiger partial charge is 0.271 e. The molecule has 0 bridgehead atoms. The zero-order valence-corrected chi connectivity index (χ0v) is 12.4. The molecule has 22 heavy (non-hydrogen) atoms. The van der Waals surface area contributed by atoms with Gasteiger partial charge in [0.15, 0.2) is 11.5 Å². The number of carbonyl (C=O) groups is 1. The van der Waals surface area contributed by atoms with Gasteiger partial charge in [0.05, 0.1) is 45.8 Å². The van der Waals surface area contributed by atoms with Crippen LogP contribution in [-0.2, 0) is 0 Å². The molecule has 0 saturated heterocycles. The van der Waals surface area contributed by atoms with Crippen molar-refractivity contribution in [2.75, 3.05) is 21.3 Å². The van der Waals surface area contributed by atoms with Crippen molar-refractivity contribution in [3.05, 3.63) is 35.9 Å². The minimum absolute atomic E-state index is 0.330. The van der Waals surface area contributed by atoms with Crippen LogP contribution in [0.5, 0.6) is 17.2 Å². The summed E-state index contributed by atoms with van der Waals surface area (Å²) in [5.74, 6) is 0.798. The zero-order chi connectivity index (χ0) is 15.9. The minimum atomic E-state index is -0.407. The lowest BCUT2D eigenvalue weighted by Gasteiger charge is -2.13. The van der Waals surface area contributed by atoms with E-state index in [2.05, 4.69) is 20.5 Å².